The quantitative estimate of drug-likeness (QED) is 0.164. The fraction of sp³-hybridized carbons (Fsp3) is 0.113. The van der Waals surface area contributed by atoms with E-state index in [2.05, 4.69) is 239 Å². The predicted molar refractivity (Wildman–Crippen MR) is 322 cm³/mol. The molecular weight excluding hydrogens is 959 g/mol. The number of nitriles is 1. The van der Waals surface area contributed by atoms with Gasteiger partial charge in [-0.15, -0.1) is 0 Å². The Balaban J connectivity index is 0.847. The Bertz CT molecular complexity index is 5020. The molecule has 15 rings (SSSR count). The minimum Gasteiger partial charge on any atom is -0.456 e. The largest absolute Gasteiger partial charge is 0.456 e. The molecular formula is C71H51N3O4. The second-order valence-electron chi connectivity index (χ2n) is 22.9. The summed E-state index contributed by atoms with van der Waals surface area (Å²) in [6.45, 7) is 13.4. The van der Waals surface area contributed by atoms with Gasteiger partial charge in [-0.1, -0.05) is 126 Å². The molecule has 374 valence electrons. The summed E-state index contributed by atoms with van der Waals surface area (Å²) in [5, 5.41) is 22.7. The van der Waals surface area contributed by atoms with Crippen molar-refractivity contribution < 1.29 is 17.7 Å². The molecule has 0 saturated heterocycles. The third kappa shape index (κ3) is 7.03. The van der Waals surface area contributed by atoms with Gasteiger partial charge in [0.2, 0.25) is 0 Å². The van der Waals surface area contributed by atoms with Crippen LogP contribution < -0.4 is 9.80 Å². The molecule has 4 heterocycles. The van der Waals surface area contributed by atoms with E-state index in [1.807, 2.05) is 18.2 Å². The molecule has 7 heteroatoms. The van der Waals surface area contributed by atoms with Crippen LogP contribution in [-0.2, 0) is 10.8 Å². The number of furan rings is 4. The molecule has 78 heavy (non-hydrogen) atoms. The van der Waals surface area contributed by atoms with Gasteiger partial charge in [-0.25, -0.2) is 0 Å². The topological polar surface area (TPSA) is 82.8 Å². The Kier molecular flexibility index (Phi) is 9.71. The van der Waals surface area contributed by atoms with Crippen molar-refractivity contribution in [1.82, 2.24) is 0 Å². The van der Waals surface area contributed by atoms with E-state index in [0.29, 0.717) is 22.3 Å². The highest BCUT2D eigenvalue weighted by Crippen LogP contribution is 2.47. The Hall–Kier alpha value is -9.77. The maximum Gasteiger partial charge on any atom is 0.156 e. The van der Waals surface area contributed by atoms with Crippen molar-refractivity contribution in [1.29, 1.82) is 5.26 Å². The molecule has 0 spiro atoms. The fourth-order valence-corrected chi connectivity index (χ4v) is 12.1. The molecule has 15 aromatic rings. The standard InChI is InChI=1S/C71H51N3O4/c1-70(2,3)59-21-13-19-52-55-38-50(27-29-61(55)75-67(52)59)73(46-15-9-7-10-16-46)48-25-23-41-33-54-57-35-45(40-72)66-65(69(57)78-63(54)36-43(41)31-48)58-34-42-24-26-49(32-44(42)37-64(58)77-66)74(47-17-11-8-12-18-47)51-28-30-62-56(39-51)53-20-14-22-60(68(53)76-62)71(4,5)6/h7-39H,1-6H3. The molecule has 0 aliphatic heterocycles. The number of nitrogens with zero attached hydrogens (tertiary/aromatic N) is 3. The number of hydrogen-bond donors (Lipinski definition) is 0. The van der Waals surface area contributed by atoms with Crippen LogP contribution >= 0.6 is 0 Å². The summed E-state index contributed by atoms with van der Waals surface area (Å²) >= 11 is 0. The average Bonchev–Trinajstić information content (AvgIpc) is 4.30. The van der Waals surface area contributed by atoms with Crippen LogP contribution in [-0.4, -0.2) is 0 Å². The van der Waals surface area contributed by atoms with Crippen LogP contribution in [0.4, 0.5) is 34.1 Å². The third-order valence-corrected chi connectivity index (χ3v) is 15.8. The molecule has 0 amide bonds. The highest BCUT2D eigenvalue weighted by atomic mass is 16.3. The highest BCUT2D eigenvalue weighted by molar-refractivity contribution is 6.25. The normalized spacial score (nSPS) is 12.5. The van der Waals surface area contributed by atoms with Crippen molar-refractivity contribution in [3.63, 3.8) is 0 Å². The van der Waals surface area contributed by atoms with Crippen LogP contribution in [0, 0.1) is 11.3 Å². The molecule has 0 N–H and O–H groups in total. The van der Waals surface area contributed by atoms with E-state index in [9.17, 15) is 5.26 Å². The van der Waals surface area contributed by atoms with Crippen molar-refractivity contribution >= 4 is 143 Å². The molecule has 0 atom stereocenters. The number of rotatable bonds is 6. The van der Waals surface area contributed by atoms with Crippen LogP contribution in [0.5, 0.6) is 0 Å². The molecule has 0 aliphatic carbocycles. The maximum atomic E-state index is 10.7. The Morgan fingerprint density at radius 2 is 0.756 bits per heavy atom. The van der Waals surface area contributed by atoms with Crippen molar-refractivity contribution in [3.8, 4) is 6.07 Å². The number of anilines is 6. The van der Waals surface area contributed by atoms with Gasteiger partial charge in [-0.05, 0) is 148 Å². The molecule has 0 radical (unpaired) electrons. The zero-order chi connectivity index (χ0) is 52.8. The second kappa shape index (κ2) is 16.6. The molecule has 0 fully saturated rings. The number of benzene rings is 11. The Labute approximate surface area is 449 Å². The highest BCUT2D eigenvalue weighted by Gasteiger charge is 2.26. The molecule has 4 aromatic heterocycles. The van der Waals surface area contributed by atoms with Crippen LogP contribution in [0.3, 0.4) is 0 Å². The molecule has 11 aromatic carbocycles. The molecule has 0 saturated carbocycles. The lowest BCUT2D eigenvalue weighted by Gasteiger charge is -2.26. The zero-order valence-corrected chi connectivity index (χ0v) is 44.0. The van der Waals surface area contributed by atoms with Crippen molar-refractivity contribution in [2.75, 3.05) is 9.80 Å². The van der Waals surface area contributed by atoms with Crippen LogP contribution in [0.1, 0.15) is 58.2 Å². The first-order valence-corrected chi connectivity index (χ1v) is 26.6. The fourth-order valence-electron chi connectivity index (χ4n) is 12.1. The predicted octanol–water partition coefficient (Wildman–Crippen LogP) is 21.0. The lowest BCUT2D eigenvalue weighted by atomic mass is 9.86. The smallest absolute Gasteiger partial charge is 0.156 e. The van der Waals surface area contributed by atoms with Crippen LogP contribution in [0.2, 0.25) is 0 Å². The maximum absolute atomic E-state index is 10.7. The summed E-state index contributed by atoms with van der Waals surface area (Å²) in [4.78, 5) is 4.58. The minimum absolute atomic E-state index is 0.0698. The van der Waals surface area contributed by atoms with Gasteiger partial charge in [0.25, 0.3) is 0 Å². The van der Waals surface area contributed by atoms with Gasteiger partial charge < -0.3 is 27.5 Å². The van der Waals surface area contributed by atoms with Gasteiger partial charge in [0, 0.05) is 83.0 Å². The lowest BCUT2D eigenvalue weighted by Crippen LogP contribution is -2.10. The van der Waals surface area contributed by atoms with Gasteiger partial charge in [0.15, 0.2) is 5.58 Å². The van der Waals surface area contributed by atoms with E-state index < -0.39 is 0 Å². The summed E-state index contributed by atoms with van der Waals surface area (Å²) in [6.07, 6.45) is 0. The Morgan fingerprint density at radius 1 is 0.321 bits per heavy atom. The summed E-state index contributed by atoms with van der Waals surface area (Å²) in [5.41, 5.74) is 15.0. The van der Waals surface area contributed by atoms with Gasteiger partial charge >= 0.3 is 0 Å². The molecule has 0 unspecified atom stereocenters. The zero-order valence-electron chi connectivity index (χ0n) is 44.0. The van der Waals surface area contributed by atoms with Crippen LogP contribution in [0.15, 0.2) is 218 Å². The first kappa shape index (κ1) is 45.6. The second-order valence-corrected chi connectivity index (χ2v) is 22.9. The summed E-state index contributed by atoms with van der Waals surface area (Å²) in [6, 6.07) is 72.9. The van der Waals surface area contributed by atoms with Gasteiger partial charge in [0.1, 0.15) is 45.2 Å². The van der Waals surface area contributed by atoms with E-state index >= 15 is 0 Å². The first-order chi connectivity index (χ1) is 37.8. The van der Waals surface area contributed by atoms with Gasteiger partial charge in [-0.3, -0.25) is 0 Å². The monoisotopic (exact) mass is 1010 g/mol. The average molecular weight is 1010 g/mol. The first-order valence-electron chi connectivity index (χ1n) is 26.6. The summed E-state index contributed by atoms with van der Waals surface area (Å²) in [5.74, 6) is 0. The van der Waals surface area contributed by atoms with Crippen LogP contribution in [0.25, 0.3) is 109 Å². The number of para-hydroxylation sites is 4. The SMILES string of the molecule is CC(C)(C)c1cccc2c1oc1ccc(N(c3ccccc3)c3ccc4cc5c(cc4c3)oc3c5cc(C#N)c4oc5cc6cc(N(c7ccccc7)c7ccc8oc9c(C(C)(C)C)cccc9c8c7)ccc6cc5c43)cc12. The summed E-state index contributed by atoms with van der Waals surface area (Å²) in [7, 11) is 0. The van der Waals surface area contributed by atoms with Gasteiger partial charge in [-0.2, -0.15) is 5.26 Å². The molecule has 7 nitrogen and oxygen atoms in total. The van der Waals surface area contributed by atoms with E-state index in [1.165, 1.54) is 11.1 Å². The minimum atomic E-state index is -0.0716. The van der Waals surface area contributed by atoms with Gasteiger partial charge in [0.05, 0.1) is 10.9 Å². The van der Waals surface area contributed by atoms with E-state index in [1.54, 1.807) is 0 Å². The summed E-state index contributed by atoms with van der Waals surface area (Å²) < 4.78 is 26.8. The molecule has 0 bridgehead atoms. The Morgan fingerprint density at radius 3 is 1.26 bits per heavy atom. The van der Waals surface area contributed by atoms with E-state index in [0.717, 1.165) is 127 Å². The lowest BCUT2D eigenvalue weighted by molar-refractivity contribution is 0.572. The van der Waals surface area contributed by atoms with Crippen molar-refractivity contribution in [2.45, 2.75) is 52.4 Å². The molecule has 0 aliphatic rings. The van der Waals surface area contributed by atoms with E-state index in [4.69, 9.17) is 17.7 Å². The van der Waals surface area contributed by atoms with E-state index in [-0.39, 0.29) is 10.8 Å². The number of fused-ring (bicyclic) bond motifs is 15. The third-order valence-electron chi connectivity index (χ3n) is 15.8. The number of hydrogen-bond acceptors (Lipinski definition) is 7. The van der Waals surface area contributed by atoms with Crippen molar-refractivity contribution in [3.05, 3.63) is 217 Å². The van der Waals surface area contributed by atoms with Crippen molar-refractivity contribution in [2.24, 2.45) is 0 Å².